The summed E-state index contributed by atoms with van der Waals surface area (Å²) >= 11 is 0. The van der Waals surface area contributed by atoms with Crippen LogP contribution in [0.5, 0.6) is 0 Å². The summed E-state index contributed by atoms with van der Waals surface area (Å²) in [6, 6.07) is 0. The number of aliphatic hydroxyl groups is 1. The second kappa shape index (κ2) is 5.43. The van der Waals surface area contributed by atoms with Gasteiger partial charge in [0.25, 0.3) is 0 Å². The first kappa shape index (κ1) is 10.8. The fraction of sp³-hybridized carbons (Fsp3) is 0.833. The lowest BCUT2D eigenvalue weighted by Gasteiger charge is -2.27. The third-order valence-electron chi connectivity index (χ3n) is 3.21. The van der Waals surface area contributed by atoms with Gasteiger partial charge < -0.3 is 5.11 Å². The fourth-order valence-corrected chi connectivity index (χ4v) is 2.19. The van der Waals surface area contributed by atoms with Crippen LogP contribution in [-0.2, 0) is 0 Å². The minimum absolute atomic E-state index is 0.0895. The largest absolute Gasteiger partial charge is 0.393 e. The first-order valence-electron chi connectivity index (χ1n) is 5.54. The highest BCUT2D eigenvalue weighted by Gasteiger charge is 2.22. The van der Waals surface area contributed by atoms with Crippen molar-refractivity contribution in [2.45, 2.75) is 51.6 Å². The van der Waals surface area contributed by atoms with Crippen LogP contribution in [0.15, 0.2) is 12.7 Å². The molecule has 0 heterocycles. The molecule has 1 rings (SSSR count). The van der Waals surface area contributed by atoms with E-state index in [9.17, 15) is 5.11 Å². The van der Waals surface area contributed by atoms with Crippen LogP contribution in [0.3, 0.4) is 0 Å². The van der Waals surface area contributed by atoms with Crippen LogP contribution in [0.4, 0.5) is 0 Å². The average Bonchev–Trinajstić information content (AvgIpc) is 2.19. The fourth-order valence-electron chi connectivity index (χ4n) is 2.19. The van der Waals surface area contributed by atoms with Gasteiger partial charge in [-0.15, -0.1) is 6.58 Å². The molecule has 0 radical (unpaired) electrons. The van der Waals surface area contributed by atoms with Gasteiger partial charge in [0.1, 0.15) is 0 Å². The zero-order chi connectivity index (χ0) is 9.68. The van der Waals surface area contributed by atoms with Gasteiger partial charge in [0.15, 0.2) is 0 Å². The number of hydrogen-bond acceptors (Lipinski definition) is 1. The van der Waals surface area contributed by atoms with Crippen LogP contribution >= 0.6 is 0 Å². The summed E-state index contributed by atoms with van der Waals surface area (Å²) < 4.78 is 0. The molecule has 1 N–H and O–H groups in total. The highest BCUT2D eigenvalue weighted by atomic mass is 16.3. The third kappa shape index (κ3) is 3.51. The molecule has 1 heteroatoms. The molecule has 1 nitrogen and oxygen atoms in total. The lowest BCUT2D eigenvalue weighted by molar-refractivity contribution is 0.0694. The van der Waals surface area contributed by atoms with Crippen molar-refractivity contribution in [1.29, 1.82) is 0 Å². The Balaban J connectivity index is 2.28. The molecule has 1 aliphatic carbocycles. The van der Waals surface area contributed by atoms with Gasteiger partial charge in [0.2, 0.25) is 0 Å². The highest BCUT2D eigenvalue weighted by Crippen LogP contribution is 2.29. The minimum atomic E-state index is -0.0895. The summed E-state index contributed by atoms with van der Waals surface area (Å²) in [6.07, 6.45) is 9.18. The highest BCUT2D eigenvalue weighted by molar-refractivity contribution is 4.81. The van der Waals surface area contributed by atoms with E-state index in [0.29, 0.717) is 11.8 Å². The van der Waals surface area contributed by atoms with Gasteiger partial charge in [-0.05, 0) is 31.1 Å². The second-order valence-electron chi connectivity index (χ2n) is 4.41. The number of rotatable bonds is 4. The molecule has 0 aromatic heterocycles. The Bertz CT molecular complexity index is 147. The van der Waals surface area contributed by atoms with E-state index < -0.39 is 0 Å². The Kier molecular flexibility index (Phi) is 4.51. The molecule has 76 valence electrons. The Morgan fingerprint density at radius 3 is 2.54 bits per heavy atom. The molecule has 13 heavy (non-hydrogen) atoms. The zero-order valence-corrected chi connectivity index (χ0v) is 8.71. The summed E-state index contributed by atoms with van der Waals surface area (Å²) in [5.74, 6) is 1.02. The number of allylic oxidation sites excluding steroid dienone is 1. The third-order valence-corrected chi connectivity index (χ3v) is 3.21. The van der Waals surface area contributed by atoms with Crippen LogP contribution in [0.1, 0.15) is 45.4 Å². The molecule has 0 amide bonds. The normalized spacial score (nSPS) is 23.8. The Labute approximate surface area is 81.9 Å². The second-order valence-corrected chi connectivity index (χ2v) is 4.41. The Morgan fingerprint density at radius 2 is 2.00 bits per heavy atom. The Hall–Kier alpha value is -0.300. The van der Waals surface area contributed by atoms with Crippen molar-refractivity contribution in [3.8, 4) is 0 Å². The number of hydrogen-bond donors (Lipinski definition) is 1. The van der Waals surface area contributed by atoms with Gasteiger partial charge in [-0.2, -0.15) is 0 Å². The molecule has 2 atom stereocenters. The van der Waals surface area contributed by atoms with Crippen molar-refractivity contribution in [2.75, 3.05) is 0 Å². The van der Waals surface area contributed by atoms with Crippen LogP contribution in [-0.4, -0.2) is 11.2 Å². The van der Waals surface area contributed by atoms with Gasteiger partial charge in [-0.3, -0.25) is 0 Å². The van der Waals surface area contributed by atoms with E-state index in [1.54, 1.807) is 0 Å². The molecular formula is C12H22O. The van der Waals surface area contributed by atoms with E-state index in [1.165, 1.54) is 32.1 Å². The van der Waals surface area contributed by atoms with Gasteiger partial charge in [0.05, 0.1) is 6.10 Å². The van der Waals surface area contributed by atoms with E-state index in [2.05, 4.69) is 13.5 Å². The first-order valence-corrected chi connectivity index (χ1v) is 5.54. The van der Waals surface area contributed by atoms with Crippen LogP contribution in [0.2, 0.25) is 0 Å². The standard InChI is InChI=1S/C12H22O/c1-3-10(2)9-12(13)11-7-5-4-6-8-11/h3,10-13H,1,4-9H2,2H3/t10-,12-/m0/s1. The summed E-state index contributed by atoms with van der Waals surface area (Å²) in [7, 11) is 0. The lowest BCUT2D eigenvalue weighted by atomic mass is 9.82. The van der Waals surface area contributed by atoms with E-state index >= 15 is 0 Å². The summed E-state index contributed by atoms with van der Waals surface area (Å²) in [5, 5.41) is 9.93. The predicted octanol–water partition coefficient (Wildman–Crippen LogP) is 3.14. The van der Waals surface area contributed by atoms with Gasteiger partial charge in [-0.25, -0.2) is 0 Å². The molecule has 1 fully saturated rings. The maximum absolute atomic E-state index is 9.93. The van der Waals surface area contributed by atoms with Crippen molar-refractivity contribution in [2.24, 2.45) is 11.8 Å². The smallest absolute Gasteiger partial charge is 0.0573 e. The Morgan fingerprint density at radius 1 is 1.38 bits per heavy atom. The van der Waals surface area contributed by atoms with Crippen LogP contribution in [0.25, 0.3) is 0 Å². The SMILES string of the molecule is C=C[C@H](C)C[C@H](O)C1CCCCC1. The van der Waals surface area contributed by atoms with Crippen molar-refractivity contribution >= 4 is 0 Å². The quantitative estimate of drug-likeness (QED) is 0.662. The summed E-state index contributed by atoms with van der Waals surface area (Å²) in [4.78, 5) is 0. The maximum Gasteiger partial charge on any atom is 0.0573 e. The summed E-state index contributed by atoms with van der Waals surface area (Å²) in [5.41, 5.74) is 0. The van der Waals surface area contributed by atoms with E-state index in [1.807, 2.05) is 6.08 Å². The molecule has 0 spiro atoms. The van der Waals surface area contributed by atoms with Crippen LogP contribution in [0, 0.1) is 11.8 Å². The first-order chi connectivity index (χ1) is 6.24. The van der Waals surface area contributed by atoms with E-state index in [4.69, 9.17) is 0 Å². The zero-order valence-electron chi connectivity index (χ0n) is 8.71. The van der Waals surface area contributed by atoms with Crippen molar-refractivity contribution in [3.63, 3.8) is 0 Å². The van der Waals surface area contributed by atoms with Crippen molar-refractivity contribution in [3.05, 3.63) is 12.7 Å². The molecule has 0 aliphatic heterocycles. The molecular weight excluding hydrogens is 160 g/mol. The molecule has 1 saturated carbocycles. The summed E-state index contributed by atoms with van der Waals surface area (Å²) in [6.45, 7) is 5.87. The minimum Gasteiger partial charge on any atom is -0.393 e. The van der Waals surface area contributed by atoms with E-state index in [-0.39, 0.29) is 6.10 Å². The molecule has 0 bridgehead atoms. The predicted molar refractivity (Wildman–Crippen MR) is 56.6 cm³/mol. The molecule has 1 aliphatic rings. The topological polar surface area (TPSA) is 20.2 Å². The van der Waals surface area contributed by atoms with E-state index in [0.717, 1.165) is 6.42 Å². The molecule has 0 saturated heterocycles. The maximum atomic E-state index is 9.93. The van der Waals surface area contributed by atoms with Gasteiger partial charge in [0, 0.05) is 0 Å². The van der Waals surface area contributed by atoms with Gasteiger partial charge >= 0.3 is 0 Å². The van der Waals surface area contributed by atoms with Crippen molar-refractivity contribution < 1.29 is 5.11 Å². The molecule has 0 aromatic rings. The van der Waals surface area contributed by atoms with Gasteiger partial charge in [-0.1, -0.05) is 32.3 Å². The van der Waals surface area contributed by atoms with Crippen LogP contribution < -0.4 is 0 Å². The molecule has 0 aromatic carbocycles. The molecule has 0 unspecified atom stereocenters. The average molecular weight is 182 g/mol. The lowest BCUT2D eigenvalue weighted by Crippen LogP contribution is -2.24. The van der Waals surface area contributed by atoms with Crippen molar-refractivity contribution in [1.82, 2.24) is 0 Å². The monoisotopic (exact) mass is 182 g/mol. The number of aliphatic hydroxyl groups excluding tert-OH is 1.